The molecule has 1 fully saturated rings. The molecule has 1 aromatic heterocycles. The normalized spacial score (nSPS) is 20.0. The van der Waals surface area contributed by atoms with Gasteiger partial charge in [0.15, 0.2) is 0 Å². The van der Waals surface area contributed by atoms with E-state index in [0.717, 1.165) is 5.46 Å². The maximum Gasteiger partial charge on any atom is 0.495 e. The molecule has 0 aliphatic carbocycles. The lowest BCUT2D eigenvalue weighted by Crippen LogP contribution is -2.41. The van der Waals surface area contributed by atoms with Crippen LogP contribution >= 0.6 is 11.3 Å². The number of hydrogen-bond acceptors (Lipinski definition) is 4. The fourth-order valence-electron chi connectivity index (χ4n) is 1.96. The molecule has 0 bridgehead atoms. The van der Waals surface area contributed by atoms with Crippen LogP contribution in [0.4, 0.5) is 0 Å². The molecule has 1 aliphatic heterocycles. The van der Waals surface area contributed by atoms with Crippen LogP contribution in [-0.2, 0) is 9.31 Å². The van der Waals surface area contributed by atoms with Crippen molar-refractivity contribution >= 4 is 29.8 Å². The summed E-state index contributed by atoms with van der Waals surface area (Å²) in [6.07, 6.45) is 0. The van der Waals surface area contributed by atoms with Gasteiger partial charge < -0.3 is 14.6 Å². The summed E-state index contributed by atoms with van der Waals surface area (Å²) < 4.78 is 12.0. The van der Waals surface area contributed by atoms with Crippen LogP contribution in [0.2, 0.25) is 0 Å². The van der Waals surface area contributed by atoms with E-state index in [-0.39, 0.29) is 17.1 Å². The number of thiophene rings is 1. The summed E-state index contributed by atoms with van der Waals surface area (Å²) in [6.45, 7) is 12.9. The van der Waals surface area contributed by atoms with Crippen molar-refractivity contribution in [1.29, 1.82) is 0 Å². The fraction of sp³-hybridized carbons (Fsp3) is 0.667. The van der Waals surface area contributed by atoms with Crippen LogP contribution in [-0.4, -0.2) is 30.8 Å². The van der Waals surface area contributed by atoms with Crippen LogP contribution < -0.4 is 10.8 Å². The highest BCUT2D eigenvalue weighted by Crippen LogP contribution is 2.36. The molecular weight excluding hydrogens is 285 g/mol. The van der Waals surface area contributed by atoms with Crippen molar-refractivity contribution in [3.63, 3.8) is 0 Å². The molecule has 1 saturated heterocycles. The Morgan fingerprint density at radius 2 is 1.86 bits per heavy atom. The molecule has 6 heteroatoms. The van der Waals surface area contributed by atoms with Crippen LogP contribution in [0, 0.1) is 5.92 Å². The van der Waals surface area contributed by atoms with Crippen molar-refractivity contribution in [3.05, 3.63) is 16.3 Å². The average molecular weight is 309 g/mol. The highest BCUT2D eigenvalue weighted by atomic mass is 32.1. The highest BCUT2D eigenvalue weighted by Gasteiger charge is 2.51. The molecule has 0 saturated carbocycles. The van der Waals surface area contributed by atoms with E-state index in [9.17, 15) is 4.79 Å². The first-order valence-electron chi connectivity index (χ1n) is 7.34. The fourth-order valence-corrected chi connectivity index (χ4v) is 2.78. The third-order valence-electron chi connectivity index (χ3n) is 4.04. The molecule has 1 N–H and O–H groups in total. The van der Waals surface area contributed by atoms with E-state index in [0.29, 0.717) is 17.3 Å². The average Bonchev–Trinajstić information content (AvgIpc) is 2.90. The number of rotatable bonds is 4. The highest BCUT2D eigenvalue weighted by molar-refractivity contribution is 7.13. The molecule has 2 heterocycles. The molecule has 0 aromatic carbocycles. The third kappa shape index (κ3) is 3.50. The maximum atomic E-state index is 12.0. The van der Waals surface area contributed by atoms with Gasteiger partial charge in [-0.1, -0.05) is 13.8 Å². The van der Waals surface area contributed by atoms with Crippen molar-refractivity contribution in [3.8, 4) is 0 Å². The first-order valence-corrected chi connectivity index (χ1v) is 8.22. The predicted octanol–water partition coefficient (Wildman–Crippen LogP) is 2.43. The van der Waals surface area contributed by atoms with Crippen LogP contribution in [0.5, 0.6) is 0 Å². The zero-order valence-corrected chi connectivity index (χ0v) is 14.5. The van der Waals surface area contributed by atoms with E-state index < -0.39 is 7.12 Å². The van der Waals surface area contributed by atoms with Gasteiger partial charge in [-0.25, -0.2) is 0 Å². The van der Waals surface area contributed by atoms with Gasteiger partial charge in [0.1, 0.15) is 0 Å². The van der Waals surface area contributed by atoms with E-state index >= 15 is 0 Å². The summed E-state index contributed by atoms with van der Waals surface area (Å²) in [6, 6.07) is 1.86. The zero-order valence-electron chi connectivity index (χ0n) is 13.6. The Kier molecular flexibility index (Phi) is 4.52. The van der Waals surface area contributed by atoms with Gasteiger partial charge in [0.25, 0.3) is 5.91 Å². The summed E-state index contributed by atoms with van der Waals surface area (Å²) in [4.78, 5) is 12.7. The van der Waals surface area contributed by atoms with Gasteiger partial charge >= 0.3 is 7.12 Å². The maximum absolute atomic E-state index is 12.0. The van der Waals surface area contributed by atoms with E-state index in [4.69, 9.17) is 9.31 Å². The molecule has 4 nitrogen and oxygen atoms in total. The van der Waals surface area contributed by atoms with Gasteiger partial charge in [-0.3, -0.25) is 4.79 Å². The molecule has 1 amide bonds. The third-order valence-corrected chi connectivity index (χ3v) is 4.99. The molecule has 0 unspecified atom stereocenters. The molecule has 0 atom stereocenters. The van der Waals surface area contributed by atoms with E-state index in [1.807, 2.05) is 39.1 Å². The second kappa shape index (κ2) is 5.74. The summed E-state index contributed by atoms with van der Waals surface area (Å²) in [5.74, 6) is 0.410. The van der Waals surface area contributed by atoms with E-state index in [2.05, 4.69) is 19.2 Å². The lowest BCUT2D eigenvalue weighted by Gasteiger charge is -2.32. The van der Waals surface area contributed by atoms with Crippen molar-refractivity contribution in [2.24, 2.45) is 5.92 Å². The molecule has 0 spiro atoms. The summed E-state index contributed by atoms with van der Waals surface area (Å²) in [7, 11) is -0.405. The smallest absolute Gasteiger partial charge is 0.399 e. The molecule has 0 radical (unpaired) electrons. The number of hydrogen-bond donors (Lipinski definition) is 1. The van der Waals surface area contributed by atoms with Crippen LogP contribution in [0.25, 0.3) is 0 Å². The minimum absolute atomic E-state index is 0.0310. The summed E-state index contributed by atoms with van der Waals surface area (Å²) >= 11 is 1.42. The first-order chi connectivity index (χ1) is 9.62. The Labute approximate surface area is 131 Å². The van der Waals surface area contributed by atoms with E-state index in [1.54, 1.807) is 0 Å². The molecule has 1 aromatic rings. The lowest BCUT2D eigenvalue weighted by molar-refractivity contribution is 0.00578. The van der Waals surface area contributed by atoms with Gasteiger partial charge in [-0.2, -0.15) is 0 Å². The van der Waals surface area contributed by atoms with Crippen LogP contribution in [0.3, 0.4) is 0 Å². The van der Waals surface area contributed by atoms with Crippen molar-refractivity contribution in [1.82, 2.24) is 5.32 Å². The predicted molar refractivity (Wildman–Crippen MR) is 87.2 cm³/mol. The van der Waals surface area contributed by atoms with Gasteiger partial charge in [-0.05, 0) is 50.5 Å². The van der Waals surface area contributed by atoms with Gasteiger partial charge in [0.05, 0.1) is 16.1 Å². The molecule has 21 heavy (non-hydrogen) atoms. The topological polar surface area (TPSA) is 47.6 Å². The Bertz CT molecular complexity index is 509. The second-order valence-corrected chi connectivity index (χ2v) is 7.85. The number of carbonyl (C=O) groups is 1. The second-order valence-electron chi connectivity index (χ2n) is 6.94. The van der Waals surface area contributed by atoms with E-state index in [1.165, 1.54) is 11.3 Å². The van der Waals surface area contributed by atoms with Crippen molar-refractivity contribution in [2.75, 3.05) is 6.54 Å². The molecule has 2 rings (SSSR count). The Morgan fingerprint density at radius 3 is 2.38 bits per heavy atom. The molecular formula is C15H24BNO3S. The largest absolute Gasteiger partial charge is 0.495 e. The first kappa shape index (κ1) is 16.5. The van der Waals surface area contributed by atoms with Gasteiger partial charge in [0.2, 0.25) is 0 Å². The molecule has 116 valence electrons. The molecule has 1 aliphatic rings. The lowest BCUT2D eigenvalue weighted by atomic mass is 9.81. The van der Waals surface area contributed by atoms with Gasteiger partial charge in [-0.15, -0.1) is 11.3 Å². The SMILES string of the molecule is CC(C)CNC(=O)c1cc(B2OC(C)(C)C(C)(C)O2)cs1. The number of nitrogens with one attached hydrogen (secondary N) is 1. The monoisotopic (exact) mass is 309 g/mol. The minimum Gasteiger partial charge on any atom is -0.399 e. The summed E-state index contributed by atoms with van der Waals surface area (Å²) in [5.41, 5.74) is 0.188. The van der Waals surface area contributed by atoms with Crippen molar-refractivity contribution < 1.29 is 14.1 Å². The van der Waals surface area contributed by atoms with Crippen LogP contribution in [0.15, 0.2) is 11.4 Å². The zero-order chi connectivity index (χ0) is 15.8. The quantitative estimate of drug-likeness (QED) is 0.869. The number of carbonyl (C=O) groups excluding carboxylic acids is 1. The number of amides is 1. The minimum atomic E-state index is -0.405. The van der Waals surface area contributed by atoms with Gasteiger partial charge in [0, 0.05) is 6.54 Å². The Balaban J connectivity index is 2.06. The van der Waals surface area contributed by atoms with Crippen molar-refractivity contribution in [2.45, 2.75) is 52.7 Å². The summed E-state index contributed by atoms with van der Waals surface area (Å²) in [5, 5.41) is 4.86. The Hall–Kier alpha value is -0.845. The Morgan fingerprint density at radius 1 is 1.29 bits per heavy atom. The standard InChI is InChI=1S/C15H24BNO3S/c1-10(2)8-17-13(18)12-7-11(9-21-12)16-19-14(3,4)15(5,6)20-16/h7,9-10H,8H2,1-6H3,(H,17,18). The van der Waals surface area contributed by atoms with Crippen LogP contribution in [0.1, 0.15) is 51.2 Å².